The summed E-state index contributed by atoms with van der Waals surface area (Å²) in [6.45, 7) is 4.38. The van der Waals surface area contributed by atoms with E-state index in [1.54, 1.807) is 0 Å². The minimum atomic E-state index is -0.184. The number of benzene rings is 2. The van der Waals surface area contributed by atoms with Crippen LogP contribution in [-0.4, -0.2) is 5.97 Å². The minimum absolute atomic E-state index is 0.165. The number of rotatable bonds is 7. The number of fused-ring (bicyclic) bond motifs is 1. The highest BCUT2D eigenvalue weighted by Crippen LogP contribution is 2.31. The second-order valence-electron chi connectivity index (χ2n) is 7.04. The van der Waals surface area contributed by atoms with Crippen LogP contribution in [0.1, 0.15) is 78.2 Å². The Labute approximate surface area is 151 Å². The zero-order valence-corrected chi connectivity index (χ0v) is 15.4. The molecular formula is C23H28O2. The fourth-order valence-electron chi connectivity index (χ4n) is 3.53. The Balaban J connectivity index is 1.71. The molecule has 1 aliphatic rings. The quantitative estimate of drug-likeness (QED) is 0.470. The normalized spacial score (nSPS) is 16.4. The van der Waals surface area contributed by atoms with Crippen LogP contribution in [0.4, 0.5) is 0 Å². The van der Waals surface area contributed by atoms with Gasteiger partial charge in [0.25, 0.3) is 0 Å². The van der Waals surface area contributed by atoms with Gasteiger partial charge in [-0.15, -0.1) is 0 Å². The van der Waals surface area contributed by atoms with Gasteiger partial charge in [0.1, 0.15) is 6.10 Å². The number of carbonyl (C=O) groups is 1. The summed E-state index contributed by atoms with van der Waals surface area (Å²) in [6, 6.07) is 14.9. The predicted molar refractivity (Wildman–Crippen MR) is 102 cm³/mol. The molecule has 0 bridgehead atoms. The van der Waals surface area contributed by atoms with Gasteiger partial charge in [-0.05, 0) is 47.6 Å². The minimum Gasteiger partial charge on any atom is -0.454 e. The Kier molecular flexibility index (Phi) is 5.91. The second kappa shape index (κ2) is 8.33. The molecule has 2 nitrogen and oxygen atoms in total. The third-order valence-corrected chi connectivity index (χ3v) is 5.01. The molecule has 0 amide bonds. The van der Waals surface area contributed by atoms with Crippen molar-refractivity contribution in [2.24, 2.45) is 0 Å². The van der Waals surface area contributed by atoms with Crippen molar-refractivity contribution >= 4 is 5.97 Å². The van der Waals surface area contributed by atoms with Crippen LogP contribution in [-0.2, 0) is 24.0 Å². The molecule has 2 aromatic rings. The number of hydrogen-bond donors (Lipinski definition) is 0. The van der Waals surface area contributed by atoms with Gasteiger partial charge in [-0.1, -0.05) is 69.5 Å². The van der Waals surface area contributed by atoms with Crippen LogP contribution in [0.3, 0.4) is 0 Å². The highest BCUT2D eigenvalue weighted by atomic mass is 16.5. The molecule has 0 saturated carbocycles. The summed E-state index contributed by atoms with van der Waals surface area (Å²) < 4.78 is 5.73. The SMILES string of the molecule is CCCCCc1ccc(C2Cc3ccc(CCC)cc3C(=O)O2)cc1. The molecule has 1 unspecified atom stereocenters. The van der Waals surface area contributed by atoms with Crippen LogP contribution in [0.25, 0.3) is 0 Å². The summed E-state index contributed by atoms with van der Waals surface area (Å²) in [5, 5.41) is 0. The Morgan fingerprint density at radius 2 is 1.68 bits per heavy atom. The van der Waals surface area contributed by atoms with E-state index in [1.165, 1.54) is 30.4 Å². The standard InChI is InChI=1S/C23H28O2/c1-3-5-6-8-17-9-12-19(13-10-17)22-16-20-14-11-18(7-4-2)15-21(20)23(24)25-22/h9-15,22H,3-8,16H2,1-2H3. The number of ether oxygens (including phenoxy) is 1. The smallest absolute Gasteiger partial charge is 0.339 e. The zero-order chi connectivity index (χ0) is 17.6. The number of carbonyl (C=O) groups excluding carboxylic acids is 1. The fraction of sp³-hybridized carbons (Fsp3) is 0.435. The van der Waals surface area contributed by atoms with E-state index >= 15 is 0 Å². The van der Waals surface area contributed by atoms with Crippen LogP contribution in [0, 0.1) is 0 Å². The van der Waals surface area contributed by atoms with Gasteiger partial charge in [-0.3, -0.25) is 0 Å². The van der Waals surface area contributed by atoms with Gasteiger partial charge >= 0.3 is 5.97 Å². The largest absolute Gasteiger partial charge is 0.454 e. The number of cyclic esters (lactones) is 1. The zero-order valence-electron chi connectivity index (χ0n) is 15.4. The lowest BCUT2D eigenvalue weighted by molar-refractivity contribution is 0.0252. The molecule has 0 aromatic heterocycles. The molecule has 0 aliphatic carbocycles. The molecule has 3 rings (SSSR count). The molecule has 0 fully saturated rings. The Bertz CT molecular complexity index is 715. The summed E-state index contributed by atoms with van der Waals surface area (Å²) in [7, 11) is 0. The predicted octanol–water partition coefficient (Wildman–Crippen LogP) is 5.83. The van der Waals surface area contributed by atoms with E-state index in [9.17, 15) is 4.79 Å². The van der Waals surface area contributed by atoms with Gasteiger partial charge in [0.2, 0.25) is 0 Å². The second-order valence-corrected chi connectivity index (χ2v) is 7.04. The number of unbranched alkanes of at least 4 members (excludes halogenated alkanes) is 2. The van der Waals surface area contributed by atoms with Gasteiger partial charge in [-0.2, -0.15) is 0 Å². The summed E-state index contributed by atoms with van der Waals surface area (Å²) in [5.41, 5.74) is 5.53. The van der Waals surface area contributed by atoms with Crippen molar-refractivity contribution in [2.75, 3.05) is 0 Å². The number of hydrogen-bond acceptors (Lipinski definition) is 2. The Morgan fingerprint density at radius 3 is 2.40 bits per heavy atom. The number of esters is 1. The lowest BCUT2D eigenvalue weighted by atomic mass is 9.92. The molecule has 1 atom stereocenters. The van der Waals surface area contributed by atoms with E-state index < -0.39 is 0 Å². The van der Waals surface area contributed by atoms with Crippen molar-refractivity contribution < 1.29 is 9.53 Å². The van der Waals surface area contributed by atoms with E-state index in [-0.39, 0.29) is 12.1 Å². The van der Waals surface area contributed by atoms with Gasteiger partial charge < -0.3 is 4.74 Å². The van der Waals surface area contributed by atoms with Gasteiger partial charge in [0, 0.05) is 6.42 Å². The first-order valence-corrected chi connectivity index (χ1v) is 9.63. The van der Waals surface area contributed by atoms with E-state index in [4.69, 9.17) is 4.74 Å². The molecule has 2 heteroatoms. The lowest BCUT2D eigenvalue weighted by Crippen LogP contribution is -2.22. The molecule has 0 N–H and O–H groups in total. The topological polar surface area (TPSA) is 26.3 Å². The maximum atomic E-state index is 12.4. The molecule has 0 spiro atoms. The van der Waals surface area contributed by atoms with Gasteiger partial charge in [0.15, 0.2) is 0 Å². The molecule has 0 saturated heterocycles. The van der Waals surface area contributed by atoms with Crippen molar-refractivity contribution in [3.05, 3.63) is 70.3 Å². The van der Waals surface area contributed by atoms with Crippen LogP contribution in [0.5, 0.6) is 0 Å². The van der Waals surface area contributed by atoms with Crippen molar-refractivity contribution in [3.8, 4) is 0 Å². The summed E-state index contributed by atoms with van der Waals surface area (Å²) >= 11 is 0. The highest BCUT2D eigenvalue weighted by Gasteiger charge is 2.27. The summed E-state index contributed by atoms with van der Waals surface area (Å²) in [4.78, 5) is 12.4. The summed E-state index contributed by atoms with van der Waals surface area (Å²) in [6.07, 6.45) is 7.58. The van der Waals surface area contributed by atoms with Crippen molar-refractivity contribution in [3.63, 3.8) is 0 Å². The van der Waals surface area contributed by atoms with E-state index in [0.717, 1.165) is 42.4 Å². The van der Waals surface area contributed by atoms with Crippen LogP contribution in [0.2, 0.25) is 0 Å². The first kappa shape index (κ1) is 17.7. The monoisotopic (exact) mass is 336 g/mol. The van der Waals surface area contributed by atoms with E-state index in [0.29, 0.717) is 0 Å². The van der Waals surface area contributed by atoms with Gasteiger partial charge in [-0.25, -0.2) is 4.79 Å². The Morgan fingerprint density at radius 1 is 0.920 bits per heavy atom. The Hall–Kier alpha value is -2.09. The van der Waals surface area contributed by atoms with Crippen molar-refractivity contribution in [1.29, 1.82) is 0 Å². The van der Waals surface area contributed by atoms with Crippen LogP contribution < -0.4 is 0 Å². The first-order chi connectivity index (χ1) is 12.2. The maximum absolute atomic E-state index is 12.4. The third-order valence-electron chi connectivity index (χ3n) is 5.01. The third kappa shape index (κ3) is 4.31. The van der Waals surface area contributed by atoms with Crippen molar-refractivity contribution in [2.45, 2.75) is 64.9 Å². The van der Waals surface area contributed by atoms with E-state index in [2.05, 4.69) is 50.2 Å². The molecule has 0 radical (unpaired) electrons. The molecule has 132 valence electrons. The molecule has 1 aliphatic heterocycles. The fourth-order valence-corrected chi connectivity index (χ4v) is 3.53. The van der Waals surface area contributed by atoms with Gasteiger partial charge in [0.05, 0.1) is 5.56 Å². The van der Waals surface area contributed by atoms with Crippen molar-refractivity contribution in [1.82, 2.24) is 0 Å². The van der Waals surface area contributed by atoms with Crippen LogP contribution >= 0.6 is 0 Å². The summed E-state index contributed by atoms with van der Waals surface area (Å²) in [5.74, 6) is -0.184. The maximum Gasteiger partial charge on any atom is 0.339 e. The highest BCUT2D eigenvalue weighted by molar-refractivity contribution is 5.92. The molecular weight excluding hydrogens is 308 g/mol. The van der Waals surface area contributed by atoms with Crippen LogP contribution in [0.15, 0.2) is 42.5 Å². The lowest BCUT2D eigenvalue weighted by Gasteiger charge is -2.25. The molecule has 2 aromatic carbocycles. The first-order valence-electron chi connectivity index (χ1n) is 9.63. The van der Waals surface area contributed by atoms with E-state index in [1.807, 2.05) is 6.07 Å². The number of aryl methyl sites for hydroxylation is 2. The average molecular weight is 336 g/mol. The molecule has 1 heterocycles. The average Bonchev–Trinajstić information content (AvgIpc) is 2.63. The molecule has 25 heavy (non-hydrogen) atoms.